The SMILES string of the molecule is Cc1c(C)c(C)c2c(c1C)c(C)c(C(C)(C)C(C)(C)C)n2C. The third-order valence-electron chi connectivity index (χ3n) is 6.52. The van der Waals surface area contributed by atoms with Gasteiger partial charge in [-0.2, -0.15) is 0 Å². The van der Waals surface area contributed by atoms with Crippen LogP contribution in [0.15, 0.2) is 0 Å². The minimum atomic E-state index is 0.117. The first-order valence-corrected chi connectivity index (χ1v) is 8.39. The van der Waals surface area contributed by atoms with Gasteiger partial charge in [-0.3, -0.25) is 0 Å². The lowest BCUT2D eigenvalue weighted by Crippen LogP contribution is -2.36. The molecule has 1 heteroatoms. The van der Waals surface area contributed by atoms with Crippen LogP contribution in [0.1, 0.15) is 68.1 Å². The number of hydrogen-bond acceptors (Lipinski definition) is 0. The second kappa shape index (κ2) is 4.88. The predicted octanol–water partition coefficient (Wildman–Crippen LogP) is 6.04. The van der Waals surface area contributed by atoms with Gasteiger partial charge >= 0.3 is 0 Å². The van der Waals surface area contributed by atoms with Crippen LogP contribution in [-0.4, -0.2) is 4.57 Å². The van der Waals surface area contributed by atoms with E-state index in [9.17, 15) is 0 Å². The minimum Gasteiger partial charge on any atom is -0.347 e. The summed E-state index contributed by atoms with van der Waals surface area (Å²) in [5.41, 5.74) is 10.4. The van der Waals surface area contributed by atoms with E-state index in [0.717, 1.165) is 0 Å². The van der Waals surface area contributed by atoms with Crippen molar-refractivity contribution in [2.24, 2.45) is 12.5 Å². The van der Waals surface area contributed by atoms with Crippen LogP contribution in [0, 0.1) is 40.0 Å². The summed E-state index contributed by atoms with van der Waals surface area (Å²) in [6.07, 6.45) is 0. The van der Waals surface area contributed by atoms with E-state index >= 15 is 0 Å². The number of rotatable bonds is 1. The molecular weight excluding hydrogens is 266 g/mol. The van der Waals surface area contributed by atoms with E-state index in [1.54, 1.807) is 0 Å². The van der Waals surface area contributed by atoms with Crippen LogP contribution in [0.3, 0.4) is 0 Å². The molecule has 1 nitrogen and oxygen atoms in total. The number of fused-ring (bicyclic) bond motifs is 1. The molecule has 0 aliphatic heterocycles. The highest BCUT2D eigenvalue weighted by atomic mass is 15.0. The molecule has 0 atom stereocenters. The molecule has 0 aliphatic rings. The van der Waals surface area contributed by atoms with Crippen molar-refractivity contribution in [3.63, 3.8) is 0 Å². The van der Waals surface area contributed by atoms with Crippen LogP contribution >= 0.6 is 0 Å². The Morgan fingerprint density at radius 3 is 1.55 bits per heavy atom. The van der Waals surface area contributed by atoms with Crippen molar-refractivity contribution in [3.8, 4) is 0 Å². The summed E-state index contributed by atoms with van der Waals surface area (Å²) in [7, 11) is 2.25. The highest BCUT2D eigenvalue weighted by Crippen LogP contribution is 2.46. The first-order valence-electron chi connectivity index (χ1n) is 8.39. The zero-order chi connectivity index (χ0) is 17.2. The second-order valence-corrected chi connectivity index (χ2v) is 8.63. The molecule has 1 aromatic heterocycles. The highest BCUT2D eigenvalue weighted by molar-refractivity contribution is 5.93. The summed E-state index contributed by atoms with van der Waals surface area (Å²) in [5.74, 6) is 0. The van der Waals surface area contributed by atoms with Crippen LogP contribution in [0.25, 0.3) is 10.9 Å². The van der Waals surface area contributed by atoms with Crippen LogP contribution in [0.5, 0.6) is 0 Å². The van der Waals surface area contributed by atoms with E-state index in [4.69, 9.17) is 0 Å². The fourth-order valence-corrected chi connectivity index (χ4v) is 3.90. The van der Waals surface area contributed by atoms with Crippen LogP contribution in [0.2, 0.25) is 0 Å². The van der Waals surface area contributed by atoms with Crippen molar-refractivity contribution < 1.29 is 0 Å². The number of aryl methyl sites for hydroxylation is 4. The van der Waals surface area contributed by atoms with Crippen molar-refractivity contribution in [1.82, 2.24) is 4.57 Å². The number of benzene rings is 1. The molecule has 22 heavy (non-hydrogen) atoms. The lowest BCUT2D eigenvalue weighted by molar-refractivity contribution is 0.215. The van der Waals surface area contributed by atoms with Crippen molar-refractivity contribution in [2.75, 3.05) is 0 Å². The zero-order valence-corrected chi connectivity index (χ0v) is 16.4. The molecule has 1 aromatic carbocycles. The van der Waals surface area contributed by atoms with E-state index in [-0.39, 0.29) is 10.8 Å². The molecule has 0 saturated heterocycles. The summed E-state index contributed by atoms with van der Waals surface area (Å²) in [6.45, 7) is 23.2. The molecule has 0 unspecified atom stereocenters. The maximum atomic E-state index is 2.46. The molecule has 0 saturated carbocycles. The lowest BCUT2D eigenvalue weighted by Gasteiger charge is -2.40. The van der Waals surface area contributed by atoms with Gasteiger partial charge in [-0.1, -0.05) is 34.6 Å². The van der Waals surface area contributed by atoms with Crippen molar-refractivity contribution in [2.45, 2.75) is 74.7 Å². The van der Waals surface area contributed by atoms with Gasteiger partial charge in [0, 0.05) is 23.5 Å². The molecule has 0 N–H and O–H groups in total. The van der Waals surface area contributed by atoms with E-state index < -0.39 is 0 Å². The predicted molar refractivity (Wildman–Crippen MR) is 99.1 cm³/mol. The van der Waals surface area contributed by atoms with Crippen LogP contribution in [0.4, 0.5) is 0 Å². The summed E-state index contributed by atoms with van der Waals surface area (Å²) >= 11 is 0. The summed E-state index contributed by atoms with van der Waals surface area (Å²) in [6, 6.07) is 0. The van der Waals surface area contributed by atoms with Crippen molar-refractivity contribution in [3.05, 3.63) is 33.5 Å². The number of nitrogens with zero attached hydrogens (tertiary/aromatic N) is 1. The Kier molecular flexibility index (Phi) is 3.80. The van der Waals surface area contributed by atoms with Crippen LogP contribution in [-0.2, 0) is 12.5 Å². The quantitative estimate of drug-likeness (QED) is 0.604. The Labute approximate surface area is 136 Å². The first kappa shape index (κ1) is 17.1. The van der Waals surface area contributed by atoms with Gasteiger partial charge in [0.2, 0.25) is 0 Å². The summed E-state index contributed by atoms with van der Waals surface area (Å²) < 4.78 is 2.46. The molecule has 122 valence electrons. The molecule has 0 radical (unpaired) electrons. The monoisotopic (exact) mass is 299 g/mol. The van der Waals surface area contributed by atoms with Crippen molar-refractivity contribution >= 4 is 10.9 Å². The largest absolute Gasteiger partial charge is 0.347 e. The first-order chi connectivity index (χ1) is 9.84. The number of aromatic nitrogens is 1. The van der Waals surface area contributed by atoms with E-state index in [1.807, 2.05) is 0 Å². The van der Waals surface area contributed by atoms with E-state index in [0.29, 0.717) is 0 Å². The third-order valence-corrected chi connectivity index (χ3v) is 6.52. The molecule has 0 fully saturated rings. The summed E-state index contributed by atoms with van der Waals surface area (Å²) in [4.78, 5) is 0. The topological polar surface area (TPSA) is 4.93 Å². The van der Waals surface area contributed by atoms with Gasteiger partial charge in [-0.05, 0) is 67.9 Å². The van der Waals surface area contributed by atoms with Gasteiger partial charge in [0.25, 0.3) is 0 Å². The van der Waals surface area contributed by atoms with Gasteiger partial charge < -0.3 is 4.57 Å². The average Bonchev–Trinajstić information content (AvgIpc) is 2.64. The molecule has 0 bridgehead atoms. The molecule has 1 heterocycles. The summed E-state index contributed by atoms with van der Waals surface area (Å²) in [5, 5.41) is 1.47. The standard InChI is InChI=1S/C21H33N/c1-12-13(2)15(4)18-17(14(12)3)16(5)19(22(18)11)21(9,10)20(6,7)8/h1-11H3. The molecule has 2 rings (SSSR count). The fourth-order valence-electron chi connectivity index (χ4n) is 3.90. The second-order valence-electron chi connectivity index (χ2n) is 8.63. The molecule has 0 amide bonds. The van der Waals surface area contributed by atoms with Gasteiger partial charge in [-0.25, -0.2) is 0 Å². The minimum absolute atomic E-state index is 0.117. The average molecular weight is 300 g/mol. The van der Waals surface area contributed by atoms with Gasteiger partial charge in [-0.15, -0.1) is 0 Å². The maximum Gasteiger partial charge on any atom is 0.0518 e. The Morgan fingerprint density at radius 2 is 1.09 bits per heavy atom. The Hall–Kier alpha value is -1.24. The maximum absolute atomic E-state index is 2.46. The normalized spacial score (nSPS) is 13.2. The Balaban J connectivity index is 3.04. The molecular formula is C21H33N. The third kappa shape index (κ3) is 2.05. The van der Waals surface area contributed by atoms with E-state index in [1.165, 1.54) is 44.4 Å². The Morgan fingerprint density at radius 1 is 0.636 bits per heavy atom. The fraction of sp³-hybridized carbons (Fsp3) is 0.619. The van der Waals surface area contributed by atoms with E-state index in [2.05, 4.69) is 80.9 Å². The smallest absolute Gasteiger partial charge is 0.0518 e. The highest BCUT2D eigenvalue weighted by Gasteiger charge is 2.38. The lowest BCUT2D eigenvalue weighted by atomic mass is 9.66. The van der Waals surface area contributed by atoms with Gasteiger partial charge in [0.15, 0.2) is 0 Å². The van der Waals surface area contributed by atoms with Crippen molar-refractivity contribution in [1.29, 1.82) is 0 Å². The zero-order valence-electron chi connectivity index (χ0n) is 16.4. The van der Waals surface area contributed by atoms with Crippen LogP contribution < -0.4 is 0 Å². The molecule has 0 aliphatic carbocycles. The number of hydrogen-bond donors (Lipinski definition) is 0. The van der Waals surface area contributed by atoms with Gasteiger partial charge in [0.05, 0.1) is 5.52 Å². The molecule has 0 spiro atoms. The molecule has 2 aromatic rings. The Bertz CT molecular complexity index is 698. The van der Waals surface area contributed by atoms with Gasteiger partial charge in [0.1, 0.15) is 0 Å².